The molecule has 0 aromatic heterocycles. The van der Waals surface area contributed by atoms with Gasteiger partial charge in [0.15, 0.2) is 0 Å². The minimum Gasteiger partial charge on any atom is -0.457 e. The van der Waals surface area contributed by atoms with Gasteiger partial charge >= 0.3 is 5.97 Å². The third kappa shape index (κ3) is 1.30. The summed E-state index contributed by atoms with van der Waals surface area (Å²) in [6, 6.07) is 0. The van der Waals surface area contributed by atoms with Crippen molar-refractivity contribution in [3.8, 4) is 0 Å². The van der Waals surface area contributed by atoms with E-state index in [4.69, 9.17) is 4.74 Å². The van der Waals surface area contributed by atoms with E-state index >= 15 is 0 Å². The minimum atomic E-state index is -0.229. The molecule has 1 aliphatic heterocycles. The molecular weight excluding hydrogens is 212 g/mol. The van der Waals surface area contributed by atoms with E-state index in [1.54, 1.807) is 0 Å². The lowest BCUT2D eigenvalue weighted by molar-refractivity contribution is -0.191. The second kappa shape index (κ2) is 3.37. The largest absolute Gasteiger partial charge is 0.457 e. The Kier molecular flexibility index (Phi) is 2.24. The lowest BCUT2D eigenvalue weighted by Gasteiger charge is -2.52. The molecule has 3 aliphatic rings. The van der Waals surface area contributed by atoms with Gasteiger partial charge in [0.1, 0.15) is 6.10 Å². The smallest absolute Gasteiger partial charge is 0.312 e. The zero-order chi connectivity index (χ0) is 12.3. The summed E-state index contributed by atoms with van der Waals surface area (Å²) < 4.78 is 5.73. The maximum Gasteiger partial charge on any atom is 0.312 e. The predicted octanol–water partition coefficient (Wildman–Crippen LogP) is 3.46. The van der Waals surface area contributed by atoms with E-state index < -0.39 is 0 Å². The van der Waals surface area contributed by atoms with Gasteiger partial charge in [0.05, 0.1) is 5.41 Å². The van der Waals surface area contributed by atoms with E-state index in [1.807, 2.05) is 0 Å². The average Bonchev–Trinajstić information content (AvgIpc) is 2.57. The number of carbonyl (C=O) groups is 1. The average molecular weight is 234 g/mol. The minimum absolute atomic E-state index is 0.0460. The van der Waals surface area contributed by atoms with Crippen LogP contribution in [-0.2, 0) is 9.53 Å². The van der Waals surface area contributed by atoms with E-state index in [1.165, 1.54) is 31.3 Å². The number of hydrogen-bond acceptors (Lipinski definition) is 2. The van der Waals surface area contributed by atoms with Crippen LogP contribution < -0.4 is 0 Å². The Morgan fingerprint density at radius 1 is 1.35 bits per heavy atom. The summed E-state index contributed by atoms with van der Waals surface area (Å²) >= 11 is 0. The molecule has 17 heavy (non-hydrogen) atoms. The monoisotopic (exact) mass is 234 g/mol. The fraction of sp³-hybridized carbons (Fsp3) is 0.800. The molecule has 0 bridgehead atoms. The highest BCUT2D eigenvalue weighted by Gasteiger charge is 2.63. The molecule has 4 atom stereocenters. The molecule has 3 rings (SSSR count). The van der Waals surface area contributed by atoms with Gasteiger partial charge in [0, 0.05) is 5.92 Å². The highest BCUT2D eigenvalue weighted by Crippen LogP contribution is 2.62. The van der Waals surface area contributed by atoms with E-state index in [-0.39, 0.29) is 22.9 Å². The molecule has 1 heterocycles. The van der Waals surface area contributed by atoms with Gasteiger partial charge < -0.3 is 4.74 Å². The zero-order valence-corrected chi connectivity index (χ0v) is 11.1. The lowest BCUT2D eigenvalue weighted by atomic mass is 9.56. The van der Waals surface area contributed by atoms with Gasteiger partial charge in [-0.15, -0.1) is 0 Å². The van der Waals surface area contributed by atoms with Gasteiger partial charge in [-0.1, -0.05) is 18.9 Å². The van der Waals surface area contributed by atoms with Crippen LogP contribution in [0.4, 0.5) is 0 Å². The fourth-order valence-electron chi connectivity index (χ4n) is 4.38. The summed E-state index contributed by atoms with van der Waals surface area (Å²) in [7, 11) is 0. The molecule has 2 fully saturated rings. The molecule has 0 radical (unpaired) electrons. The Morgan fingerprint density at radius 2 is 2.12 bits per heavy atom. The summed E-state index contributed by atoms with van der Waals surface area (Å²) in [5.41, 5.74) is 1.31. The van der Waals surface area contributed by atoms with Crippen molar-refractivity contribution in [3.63, 3.8) is 0 Å². The molecule has 94 valence electrons. The van der Waals surface area contributed by atoms with Crippen molar-refractivity contribution in [2.75, 3.05) is 0 Å². The van der Waals surface area contributed by atoms with Crippen LogP contribution in [0, 0.1) is 16.7 Å². The van der Waals surface area contributed by atoms with Crippen molar-refractivity contribution in [2.24, 2.45) is 16.7 Å². The molecule has 2 nitrogen and oxygen atoms in total. The lowest BCUT2D eigenvalue weighted by Crippen LogP contribution is -2.55. The SMILES string of the molecule is CC1=C[C@@H]2OC(=O)[C@@]3(C)CCC[C@@]3(C)[C@H]2CC1. The molecule has 0 N–H and O–H groups in total. The number of allylic oxidation sites excluding steroid dienone is 1. The third-order valence-electron chi connectivity index (χ3n) is 5.84. The summed E-state index contributed by atoms with van der Waals surface area (Å²) in [4.78, 5) is 12.3. The molecule has 0 unspecified atom stereocenters. The molecular formula is C15H22O2. The number of rotatable bonds is 0. The first-order valence-electron chi connectivity index (χ1n) is 6.86. The van der Waals surface area contributed by atoms with E-state index in [9.17, 15) is 4.79 Å². The summed E-state index contributed by atoms with van der Waals surface area (Å²) in [6.07, 6.45) is 7.97. The second-order valence-corrected chi connectivity index (χ2v) is 6.63. The van der Waals surface area contributed by atoms with Crippen LogP contribution in [0.3, 0.4) is 0 Å². The van der Waals surface area contributed by atoms with Gasteiger partial charge in [-0.2, -0.15) is 0 Å². The van der Waals surface area contributed by atoms with Crippen LogP contribution in [0.25, 0.3) is 0 Å². The van der Waals surface area contributed by atoms with Gasteiger partial charge in [0.2, 0.25) is 0 Å². The van der Waals surface area contributed by atoms with Crippen molar-refractivity contribution in [1.29, 1.82) is 0 Å². The van der Waals surface area contributed by atoms with Crippen LogP contribution in [0.15, 0.2) is 11.6 Å². The zero-order valence-electron chi connectivity index (χ0n) is 11.1. The summed E-state index contributed by atoms with van der Waals surface area (Å²) in [5, 5.41) is 0. The molecule has 0 aromatic rings. The maximum atomic E-state index is 12.3. The topological polar surface area (TPSA) is 26.3 Å². The van der Waals surface area contributed by atoms with Crippen LogP contribution in [0.5, 0.6) is 0 Å². The number of hydrogen-bond donors (Lipinski definition) is 0. The van der Waals surface area contributed by atoms with Crippen molar-refractivity contribution in [2.45, 2.75) is 59.0 Å². The molecule has 2 aliphatic carbocycles. The van der Waals surface area contributed by atoms with Crippen molar-refractivity contribution in [1.82, 2.24) is 0 Å². The quantitative estimate of drug-likeness (QED) is 0.474. The Morgan fingerprint density at radius 3 is 2.88 bits per heavy atom. The Balaban J connectivity index is 2.04. The number of carbonyl (C=O) groups excluding carboxylic acids is 1. The van der Waals surface area contributed by atoms with Gasteiger partial charge in [0.25, 0.3) is 0 Å². The summed E-state index contributed by atoms with van der Waals surface area (Å²) in [5.74, 6) is 0.584. The molecule has 1 saturated heterocycles. The van der Waals surface area contributed by atoms with Gasteiger partial charge in [-0.05, 0) is 51.0 Å². The molecule has 0 amide bonds. The normalized spacial score (nSPS) is 49.1. The molecule has 0 spiro atoms. The number of ether oxygens (including phenoxy) is 1. The summed E-state index contributed by atoms with van der Waals surface area (Å²) in [6.45, 7) is 6.60. The highest BCUT2D eigenvalue weighted by molar-refractivity contribution is 5.79. The van der Waals surface area contributed by atoms with Crippen molar-refractivity contribution in [3.05, 3.63) is 11.6 Å². The van der Waals surface area contributed by atoms with E-state index in [0.29, 0.717) is 5.92 Å². The van der Waals surface area contributed by atoms with E-state index in [2.05, 4.69) is 26.8 Å². The van der Waals surface area contributed by atoms with Gasteiger partial charge in [-0.25, -0.2) is 0 Å². The molecule has 0 aromatic carbocycles. The Labute approximate surface area is 103 Å². The number of fused-ring (bicyclic) bond motifs is 3. The number of esters is 1. The standard InChI is InChI=1S/C15H22O2/c1-10-5-6-11-12(9-10)17-13(16)15(3)8-4-7-14(11,15)2/h9,11-12H,4-8H2,1-3H3/t11-,12-,14-,15+/m0/s1. The van der Waals surface area contributed by atoms with Gasteiger partial charge in [-0.3, -0.25) is 4.79 Å². The van der Waals surface area contributed by atoms with E-state index in [0.717, 1.165) is 6.42 Å². The maximum absolute atomic E-state index is 12.3. The van der Waals surface area contributed by atoms with Crippen molar-refractivity contribution < 1.29 is 9.53 Å². The van der Waals surface area contributed by atoms with Crippen LogP contribution in [0.2, 0.25) is 0 Å². The molecule has 1 saturated carbocycles. The Bertz CT molecular complexity index is 398. The first-order valence-corrected chi connectivity index (χ1v) is 6.86. The van der Waals surface area contributed by atoms with Crippen LogP contribution in [-0.4, -0.2) is 12.1 Å². The van der Waals surface area contributed by atoms with Crippen LogP contribution in [0.1, 0.15) is 52.9 Å². The Hall–Kier alpha value is -0.790. The molecule has 2 heteroatoms. The second-order valence-electron chi connectivity index (χ2n) is 6.63. The van der Waals surface area contributed by atoms with Crippen LogP contribution >= 0.6 is 0 Å². The first kappa shape index (κ1) is 11.3. The highest BCUT2D eigenvalue weighted by atomic mass is 16.5. The first-order chi connectivity index (χ1) is 7.97. The van der Waals surface area contributed by atoms with Crippen molar-refractivity contribution >= 4 is 5.97 Å². The third-order valence-corrected chi connectivity index (χ3v) is 5.84. The fourth-order valence-corrected chi connectivity index (χ4v) is 4.38. The predicted molar refractivity (Wildman–Crippen MR) is 66.4 cm³/mol.